The number of nitrogens with zero attached hydrogens (tertiary/aromatic N) is 1. The van der Waals surface area contributed by atoms with E-state index in [0.29, 0.717) is 0 Å². The van der Waals surface area contributed by atoms with Crippen LogP contribution in [-0.2, 0) is 5.41 Å². The lowest BCUT2D eigenvalue weighted by molar-refractivity contribution is 0.660. The molecule has 0 spiro atoms. The Kier molecular flexibility index (Phi) is 6.27. The Morgan fingerprint density at radius 1 is 0.436 bits per heavy atom. The largest absolute Gasteiger partial charge is 0.456 e. The smallest absolute Gasteiger partial charge is 0.136 e. The van der Waals surface area contributed by atoms with E-state index in [1.54, 1.807) is 0 Å². The van der Waals surface area contributed by atoms with Crippen molar-refractivity contribution >= 4 is 92.4 Å². The van der Waals surface area contributed by atoms with Crippen LogP contribution in [0.15, 0.2) is 173 Å². The number of hydrogen-bond donors (Lipinski definition) is 0. The second-order valence-corrected chi connectivity index (χ2v) is 16.4. The average Bonchev–Trinajstić information content (AvgIpc) is 3.95. The molecule has 0 bridgehead atoms. The molecule has 3 heterocycles. The average molecular weight is 724 g/mol. The third-order valence-corrected chi connectivity index (χ3v) is 13.0. The van der Waals surface area contributed by atoms with Gasteiger partial charge in [-0.05, 0) is 106 Å². The summed E-state index contributed by atoms with van der Waals surface area (Å²) >= 11 is 1.85. The molecule has 0 unspecified atom stereocenters. The van der Waals surface area contributed by atoms with Crippen LogP contribution in [0.4, 0.5) is 17.1 Å². The highest BCUT2D eigenvalue weighted by Crippen LogP contribution is 2.52. The number of fused-ring (bicyclic) bond motifs is 12. The molecule has 0 saturated heterocycles. The van der Waals surface area contributed by atoms with E-state index in [1.165, 1.54) is 48.0 Å². The molecule has 0 N–H and O–H groups in total. The maximum absolute atomic E-state index is 6.60. The highest BCUT2D eigenvalue weighted by molar-refractivity contribution is 7.26. The Balaban J connectivity index is 1.07. The summed E-state index contributed by atoms with van der Waals surface area (Å²) in [6.07, 6.45) is 0. The van der Waals surface area contributed by atoms with E-state index in [4.69, 9.17) is 8.83 Å². The summed E-state index contributed by atoms with van der Waals surface area (Å²) < 4.78 is 15.7. The zero-order valence-electron chi connectivity index (χ0n) is 30.3. The molecule has 0 aliphatic heterocycles. The van der Waals surface area contributed by atoms with Crippen LogP contribution < -0.4 is 4.90 Å². The van der Waals surface area contributed by atoms with Gasteiger partial charge in [-0.25, -0.2) is 0 Å². The predicted octanol–water partition coefficient (Wildman–Crippen LogP) is 15.3. The Hall–Kier alpha value is -6.62. The molecule has 11 aromatic rings. The molecular formula is C51H33NO2S. The fourth-order valence-corrected chi connectivity index (χ4v) is 10.3. The zero-order chi connectivity index (χ0) is 36.4. The molecule has 8 aromatic carbocycles. The Labute approximate surface area is 321 Å². The third-order valence-electron chi connectivity index (χ3n) is 11.9. The van der Waals surface area contributed by atoms with Crippen molar-refractivity contribution in [1.82, 2.24) is 0 Å². The van der Waals surface area contributed by atoms with Crippen molar-refractivity contribution in [2.75, 3.05) is 4.90 Å². The summed E-state index contributed by atoms with van der Waals surface area (Å²) in [6.45, 7) is 4.70. The van der Waals surface area contributed by atoms with Gasteiger partial charge in [0.15, 0.2) is 0 Å². The van der Waals surface area contributed by atoms with Gasteiger partial charge in [0.1, 0.15) is 22.3 Å². The van der Waals surface area contributed by atoms with Crippen molar-refractivity contribution in [2.45, 2.75) is 19.3 Å². The molecule has 0 radical (unpaired) electrons. The monoisotopic (exact) mass is 723 g/mol. The van der Waals surface area contributed by atoms with Crippen molar-refractivity contribution in [3.63, 3.8) is 0 Å². The molecule has 0 fully saturated rings. The minimum atomic E-state index is -0.126. The van der Waals surface area contributed by atoms with Gasteiger partial charge in [-0.2, -0.15) is 0 Å². The standard InChI is InChI=1S/C51H33NO2S/c1-51(2)41-15-8-6-13-34(41)35-23-20-33(27-42(35)51)52(43-16-10-18-49-50(43)37-14-7-9-17-48(37)55-49)32-21-24-44-38(26-32)40-29-46-39(28-47(40)53-44)36-22-19-31(25-45(36)54-46)30-11-4-3-5-12-30/h3-29H,1-2H3. The summed E-state index contributed by atoms with van der Waals surface area (Å²) in [6, 6.07) is 59.2. The molecule has 1 aliphatic carbocycles. The maximum atomic E-state index is 6.60. The molecule has 1 aliphatic rings. The van der Waals surface area contributed by atoms with Crippen LogP contribution in [0, 0.1) is 0 Å². The molecule has 0 saturated carbocycles. The van der Waals surface area contributed by atoms with Crippen LogP contribution in [0.3, 0.4) is 0 Å². The zero-order valence-corrected chi connectivity index (χ0v) is 31.1. The number of thiophene rings is 1. The molecule has 0 atom stereocenters. The summed E-state index contributed by atoms with van der Waals surface area (Å²) in [5, 5.41) is 6.77. The van der Waals surface area contributed by atoms with Crippen LogP contribution in [0.1, 0.15) is 25.0 Å². The predicted molar refractivity (Wildman–Crippen MR) is 232 cm³/mol. The number of benzene rings is 8. The van der Waals surface area contributed by atoms with Crippen LogP contribution >= 0.6 is 11.3 Å². The quantitative estimate of drug-likeness (QED) is 0.181. The maximum Gasteiger partial charge on any atom is 0.136 e. The first-order valence-electron chi connectivity index (χ1n) is 18.8. The number of hydrogen-bond acceptors (Lipinski definition) is 4. The number of rotatable bonds is 4. The van der Waals surface area contributed by atoms with Crippen LogP contribution in [0.2, 0.25) is 0 Å². The number of anilines is 3. The highest BCUT2D eigenvalue weighted by atomic mass is 32.1. The molecule has 0 amide bonds. The molecule has 3 nitrogen and oxygen atoms in total. The Morgan fingerprint density at radius 2 is 1.11 bits per heavy atom. The Morgan fingerprint density at radius 3 is 2.00 bits per heavy atom. The molecule has 12 rings (SSSR count). The number of furan rings is 2. The van der Waals surface area contributed by atoms with Gasteiger partial charge in [0.2, 0.25) is 0 Å². The highest BCUT2D eigenvalue weighted by Gasteiger charge is 2.36. The molecule has 3 aromatic heterocycles. The van der Waals surface area contributed by atoms with Crippen molar-refractivity contribution in [3.05, 3.63) is 175 Å². The second-order valence-electron chi connectivity index (χ2n) is 15.3. The van der Waals surface area contributed by atoms with Gasteiger partial charge < -0.3 is 13.7 Å². The molecule has 260 valence electrons. The van der Waals surface area contributed by atoms with Crippen molar-refractivity contribution in [3.8, 4) is 22.3 Å². The van der Waals surface area contributed by atoms with Gasteiger partial charge in [0, 0.05) is 58.5 Å². The summed E-state index contributed by atoms with van der Waals surface area (Å²) in [5.41, 5.74) is 14.3. The normalized spacial score (nSPS) is 13.4. The lowest BCUT2D eigenvalue weighted by Crippen LogP contribution is -2.16. The van der Waals surface area contributed by atoms with Gasteiger partial charge in [-0.15, -0.1) is 11.3 Å². The van der Waals surface area contributed by atoms with E-state index in [2.05, 4.69) is 176 Å². The first-order valence-corrected chi connectivity index (χ1v) is 19.6. The summed E-state index contributed by atoms with van der Waals surface area (Å²) in [4.78, 5) is 2.45. The van der Waals surface area contributed by atoms with Crippen LogP contribution in [-0.4, -0.2) is 0 Å². The van der Waals surface area contributed by atoms with Crippen LogP contribution in [0.5, 0.6) is 0 Å². The topological polar surface area (TPSA) is 29.5 Å². The lowest BCUT2D eigenvalue weighted by atomic mass is 9.82. The summed E-state index contributed by atoms with van der Waals surface area (Å²) in [7, 11) is 0. The fourth-order valence-electron chi connectivity index (χ4n) is 9.18. The van der Waals surface area contributed by atoms with E-state index in [-0.39, 0.29) is 5.41 Å². The van der Waals surface area contributed by atoms with Gasteiger partial charge in [-0.3, -0.25) is 0 Å². The van der Waals surface area contributed by atoms with Gasteiger partial charge >= 0.3 is 0 Å². The van der Waals surface area contributed by atoms with Gasteiger partial charge in [0.25, 0.3) is 0 Å². The first kappa shape index (κ1) is 30.8. The fraction of sp³-hybridized carbons (Fsp3) is 0.0588. The van der Waals surface area contributed by atoms with Crippen molar-refractivity contribution in [1.29, 1.82) is 0 Å². The summed E-state index contributed by atoms with van der Waals surface area (Å²) in [5.74, 6) is 0. The van der Waals surface area contributed by atoms with Crippen molar-refractivity contribution in [2.24, 2.45) is 0 Å². The van der Waals surface area contributed by atoms with Crippen molar-refractivity contribution < 1.29 is 8.83 Å². The van der Waals surface area contributed by atoms with E-state index in [0.717, 1.165) is 66.5 Å². The SMILES string of the molecule is CC1(C)c2ccccc2-c2ccc(N(c3ccc4oc5cc6c(cc5c4c3)oc3cc(-c4ccccc4)ccc36)c3cccc4sc5ccccc5c34)cc21. The molecule has 55 heavy (non-hydrogen) atoms. The minimum absolute atomic E-state index is 0.126. The lowest BCUT2D eigenvalue weighted by Gasteiger charge is -2.29. The first-order chi connectivity index (χ1) is 27.0. The Bertz CT molecular complexity index is 3360. The van der Waals surface area contributed by atoms with Gasteiger partial charge in [0.05, 0.1) is 5.69 Å². The van der Waals surface area contributed by atoms with Gasteiger partial charge in [-0.1, -0.05) is 105 Å². The third kappa shape index (κ3) is 4.43. The molecular weight excluding hydrogens is 691 g/mol. The second kappa shape index (κ2) is 11.2. The van der Waals surface area contributed by atoms with E-state index in [9.17, 15) is 0 Å². The van der Waals surface area contributed by atoms with E-state index < -0.39 is 0 Å². The molecule has 4 heteroatoms. The minimum Gasteiger partial charge on any atom is -0.456 e. The van der Waals surface area contributed by atoms with E-state index >= 15 is 0 Å². The van der Waals surface area contributed by atoms with E-state index in [1.807, 2.05) is 17.4 Å². The van der Waals surface area contributed by atoms with Crippen LogP contribution in [0.25, 0.3) is 86.3 Å².